The van der Waals surface area contributed by atoms with Gasteiger partial charge in [-0.2, -0.15) is 5.10 Å². The SMILES string of the molecule is CCn1cc(N)c(C(=O)Nc2c(C)cc(Br)cc2C)n1. The second-order valence-electron chi connectivity index (χ2n) is 4.66. The highest BCUT2D eigenvalue weighted by molar-refractivity contribution is 9.10. The van der Waals surface area contributed by atoms with Gasteiger partial charge in [0.05, 0.1) is 5.69 Å². The van der Waals surface area contributed by atoms with E-state index < -0.39 is 0 Å². The molecule has 2 aromatic rings. The first-order chi connectivity index (χ1) is 9.42. The molecule has 5 nitrogen and oxygen atoms in total. The van der Waals surface area contributed by atoms with Crippen LogP contribution in [0.2, 0.25) is 0 Å². The molecule has 0 aliphatic heterocycles. The molecule has 0 aliphatic rings. The first kappa shape index (κ1) is 14.6. The van der Waals surface area contributed by atoms with Crippen molar-refractivity contribution in [2.75, 3.05) is 11.1 Å². The maximum atomic E-state index is 12.3. The molecule has 0 spiro atoms. The number of rotatable bonds is 3. The van der Waals surface area contributed by atoms with Crippen molar-refractivity contribution in [3.63, 3.8) is 0 Å². The number of aryl methyl sites for hydroxylation is 3. The number of nitrogen functional groups attached to an aromatic ring is 1. The number of hydrogen-bond donors (Lipinski definition) is 2. The van der Waals surface area contributed by atoms with Crippen LogP contribution in [0.15, 0.2) is 22.8 Å². The highest BCUT2D eigenvalue weighted by atomic mass is 79.9. The largest absolute Gasteiger partial charge is 0.396 e. The van der Waals surface area contributed by atoms with Crippen LogP contribution in [-0.4, -0.2) is 15.7 Å². The van der Waals surface area contributed by atoms with Crippen LogP contribution in [0.3, 0.4) is 0 Å². The standard InChI is InChI=1S/C14H17BrN4O/c1-4-19-7-11(16)13(18-19)14(20)17-12-8(2)5-10(15)6-9(12)3/h5-7H,4,16H2,1-3H3,(H,17,20). The Bertz CT molecular complexity index is 640. The van der Waals surface area contributed by atoms with Crippen molar-refractivity contribution < 1.29 is 4.79 Å². The van der Waals surface area contributed by atoms with E-state index in [1.165, 1.54) is 0 Å². The van der Waals surface area contributed by atoms with Gasteiger partial charge in [-0.25, -0.2) is 0 Å². The van der Waals surface area contributed by atoms with E-state index in [0.717, 1.165) is 21.3 Å². The van der Waals surface area contributed by atoms with Crippen molar-refractivity contribution in [3.8, 4) is 0 Å². The van der Waals surface area contributed by atoms with Gasteiger partial charge in [0.15, 0.2) is 5.69 Å². The molecule has 1 aromatic carbocycles. The van der Waals surface area contributed by atoms with E-state index in [2.05, 4.69) is 26.3 Å². The number of hydrogen-bond acceptors (Lipinski definition) is 3. The summed E-state index contributed by atoms with van der Waals surface area (Å²) < 4.78 is 2.63. The van der Waals surface area contributed by atoms with Crippen LogP contribution in [0.1, 0.15) is 28.5 Å². The first-order valence-electron chi connectivity index (χ1n) is 6.33. The number of nitrogens with zero attached hydrogens (tertiary/aromatic N) is 2. The molecule has 0 bridgehead atoms. The summed E-state index contributed by atoms with van der Waals surface area (Å²) in [6.45, 7) is 6.51. The topological polar surface area (TPSA) is 72.9 Å². The second-order valence-corrected chi connectivity index (χ2v) is 5.57. The number of nitrogens with two attached hydrogens (primary N) is 1. The Morgan fingerprint density at radius 2 is 2.00 bits per heavy atom. The number of nitrogens with one attached hydrogen (secondary N) is 1. The molecule has 6 heteroatoms. The zero-order valence-electron chi connectivity index (χ0n) is 11.7. The molecule has 0 saturated carbocycles. The van der Waals surface area contributed by atoms with Crippen molar-refractivity contribution in [1.29, 1.82) is 0 Å². The van der Waals surface area contributed by atoms with Crippen LogP contribution in [0.25, 0.3) is 0 Å². The molecule has 20 heavy (non-hydrogen) atoms. The van der Waals surface area contributed by atoms with Crippen molar-refractivity contribution in [1.82, 2.24) is 9.78 Å². The van der Waals surface area contributed by atoms with Gasteiger partial charge >= 0.3 is 0 Å². The molecule has 0 unspecified atom stereocenters. The van der Waals surface area contributed by atoms with Crippen molar-refractivity contribution in [2.24, 2.45) is 0 Å². The van der Waals surface area contributed by atoms with Crippen molar-refractivity contribution >= 4 is 33.2 Å². The van der Waals surface area contributed by atoms with Crippen molar-refractivity contribution in [3.05, 3.63) is 39.6 Å². The molecule has 0 saturated heterocycles. The van der Waals surface area contributed by atoms with E-state index in [0.29, 0.717) is 12.2 Å². The molecular formula is C14H17BrN4O. The lowest BCUT2D eigenvalue weighted by atomic mass is 10.1. The van der Waals surface area contributed by atoms with Crippen LogP contribution in [-0.2, 0) is 6.54 Å². The summed E-state index contributed by atoms with van der Waals surface area (Å²) in [4.78, 5) is 12.3. The molecule has 0 aliphatic carbocycles. The summed E-state index contributed by atoms with van der Waals surface area (Å²) in [5.74, 6) is -0.289. The summed E-state index contributed by atoms with van der Waals surface area (Å²) in [6, 6.07) is 3.91. The summed E-state index contributed by atoms with van der Waals surface area (Å²) in [6.07, 6.45) is 1.66. The highest BCUT2D eigenvalue weighted by Gasteiger charge is 2.16. The fraction of sp³-hybridized carbons (Fsp3) is 0.286. The predicted octanol–water partition coefficient (Wildman–Crippen LogP) is 3.12. The quantitative estimate of drug-likeness (QED) is 0.904. The lowest BCUT2D eigenvalue weighted by Gasteiger charge is -2.11. The number of benzene rings is 1. The number of carbonyl (C=O) groups excluding carboxylic acids is 1. The Morgan fingerprint density at radius 1 is 1.40 bits per heavy atom. The Kier molecular flexibility index (Phi) is 4.13. The minimum atomic E-state index is -0.289. The summed E-state index contributed by atoms with van der Waals surface area (Å²) >= 11 is 3.43. The van der Waals surface area contributed by atoms with E-state index in [1.807, 2.05) is 32.9 Å². The number of aromatic nitrogens is 2. The Morgan fingerprint density at radius 3 is 2.50 bits per heavy atom. The Balaban J connectivity index is 2.30. The van der Waals surface area contributed by atoms with Gasteiger partial charge in [0, 0.05) is 22.9 Å². The lowest BCUT2D eigenvalue weighted by Crippen LogP contribution is -2.16. The Labute approximate surface area is 126 Å². The van der Waals surface area contributed by atoms with Gasteiger partial charge in [-0.05, 0) is 44.0 Å². The maximum absolute atomic E-state index is 12.3. The van der Waals surface area contributed by atoms with Gasteiger partial charge in [-0.1, -0.05) is 15.9 Å². The van der Waals surface area contributed by atoms with Gasteiger partial charge in [-0.15, -0.1) is 0 Å². The average Bonchev–Trinajstić information content (AvgIpc) is 2.75. The van der Waals surface area contributed by atoms with Gasteiger partial charge in [0.25, 0.3) is 5.91 Å². The zero-order chi connectivity index (χ0) is 14.9. The second kappa shape index (κ2) is 5.66. The zero-order valence-corrected chi connectivity index (χ0v) is 13.3. The minimum Gasteiger partial charge on any atom is -0.396 e. The van der Waals surface area contributed by atoms with Gasteiger partial charge in [0.1, 0.15) is 0 Å². The molecule has 0 fully saturated rings. The molecule has 1 aromatic heterocycles. The molecule has 0 atom stereocenters. The van der Waals surface area contributed by atoms with Crippen molar-refractivity contribution in [2.45, 2.75) is 27.3 Å². The number of anilines is 2. The molecule has 1 amide bonds. The molecule has 3 N–H and O–H groups in total. The Hall–Kier alpha value is -1.82. The average molecular weight is 337 g/mol. The van der Waals surface area contributed by atoms with Gasteiger partial charge in [0.2, 0.25) is 0 Å². The van der Waals surface area contributed by atoms with Crippen LogP contribution in [0.4, 0.5) is 11.4 Å². The third-order valence-corrected chi connectivity index (χ3v) is 3.52. The third-order valence-electron chi connectivity index (χ3n) is 3.07. The first-order valence-corrected chi connectivity index (χ1v) is 7.12. The summed E-state index contributed by atoms with van der Waals surface area (Å²) in [5.41, 5.74) is 9.23. The van der Waals surface area contributed by atoms with E-state index in [-0.39, 0.29) is 11.6 Å². The van der Waals surface area contributed by atoms with Crippen LogP contribution in [0, 0.1) is 13.8 Å². The molecule has 106 valence electrons. The predicted molar refractivity (Wildman–Crippen MR) is 83.9 cm³/mol. The van der Waals surface area contributed by atoms with Gasteiger partial charge < -0.3 is 11.1 Å². The number of halogens is 1. The van der Waals surface area contributed by atoms with E-state index in [4.69, 9.17) is 5.73 Å². The van der Waals surface area contributed by atoms with Crippen LogP contribution >= 0.6 is 15.9 Å². The van der Waals surface area contributed by atoms with Gasteiger partial charge in [-0.3, -0.25) is 9.48 Å². The lowest BCUT2D eigenvalue weighted by molar-refractivity contribution is 0.102. The minimum absolute atomic E-state index is 0.258. The fourth-order valence-corrected chi connectivity index (χ4v) is 2.74. The number of amides is 1. The summed E-state index contributed by atoms with van der Waals surface area (Å²) in [5, 5.41) is 7.06. The van der Waals surface area contributed by atoms with Crippen LogP contribution in [0.5, 0.6) is 0 Å². The van der Waals surface area contributed by atoms with E-state index in [1.54, 1.807) is 10.9 Å². The number of carbonyl (C=O) groups is 1. The molecule has 2 rings (SSSR count). The maximum Gasteiger partial charge on any atom is 0.278 e. The normalized spacial score (nSPS) is 10.6. The molecule has 1 heterocycles. The van der Waals surface area contributed by atoms with E-state index in [9.17, 15) is 4.79 Å². The monoisotopic (exact) mass is 336 g/mol. The fourth-order valence-electron chi connectivity index (χ4n) is 2.06. The van der Waals surface area contributed by atoms with Crippen LogP contribution < -0.4 is 11.1 Å². The smallest absolute Gasteiger partial charge is 0.278 e. The van der Waals surface area contributed by atoms with E-state index >= 15 is 0 Å². The highest BCUT2D eigenvalue weighted by Crippen LogP contribution is 2.26. The molecule has 0 radical (unpaired) electrons. The molecular weight excluding hydrogens is 320 g/mol. The third kappa shape index (κ3) is 2.85. The summed E-state index contributed by atoms with van der Waals surface area (Å²) in [7, 11) is 0.